The number of nitrogens with one attached hydrogen (secondary N) is 1. The Hall–Kier alpha value is -0.120. The maximum atomic E-state index is 9.01. The molecule has 0 unspecified atom stereocenters. The molecule has 1 heterocycles. The molecule has 1 aliphatic heterocycles. The minimum absolute atomic E-state index is 0.00116. The third kappa shape index (κ3) is 1.93. The number of aliphatic hydroxyl groups is 1. The molecule has 1 aliphatic rings. The van der Waals surface area contributed by atoms with E-state index < -0.39 is 0 Å². The van der Waals surface area contributed by atoms with Gasteiger partial charge in [0, 0.05) is 13.1 Å². The number of rotatable bonds is 1. The van der Waals surface area contributed by atoms with E-state index >= 15 is 0 Å². The van der Waals surface area contributed by atoms with Crippen LogP contribution in [0, 0.1) is 0 Å². The molecule has 1 fully saturated rings. The summed E-state index contributed by atoms with van der Waals surface area (Å²) in [4.78, 5) is 0. The van der Waals surface area contributed by atoms with Gasteiger partial charge in [0.15, 0.2) is 0 Å². The SMILES string of the molecule is C[C@@H](O)[C@H]1CNCCO1. The molecule has 2 N–H and O–H groups in total. The van der Waals surface area contributed by atoms with Crippen LogP contribution in [0.25, 0.3) is 0 Å². The molecule has 0 amide bonds. The molecule has 1 rings (SSSR count). The van der Waals surface area contributed by atoms with Crippen LogP contribution in [-0.2, 0) is 4.74 Å². The first-order valence-electron chi connectivity index (χ1n) is 3.31. The predicted octanol–water partition coefficient (Wildman–Crippen LogP) is -0.644. The molecule has 0 aliphatic carbocycles. The highest BCUT2D eigenvalue weighted by atomic mass is 16.5. The van der Waals surface area contributed by atoms with Gasteiger partial charge in [-0.05, 0) is 6.92 Å². The van der Waals surface area contributed by atoms with Gasteiger partial charge in [0.2, 0.25) is 0 Å². The molecule has 9 heavy (non-hydrogen) atoms. The van der Waals surface area contributed by atoms with Crippen molar-refractivity contribution in [3.05, 3.63) is 0 Å². The summed E-state index contributed by atoms with van der Waals surface area (Å²) >= 11 is 0. The fourth-order valence-corrected chi connectivity index (χ4v) is 0.896. The lowest BCUT2D eigenvalue weighted by atomic mass is 10.2. The lowest BCUT2D eigenvalue weighted by Gasteiger charge is -2.25. The predicted molar refractivity (Wildman–Crippen MR) is 34.3 cm³/mol. The van der Waals surface area contributed by atoms with E-state index in [1.165, 1.54) is 0 Å². The molecule has 1 saturated heterocycles. The van der Waals surface area contributed by atoms with E-state index in [9.17, 15) is 0 Å². The molecule has 0 spiro atoms. The molecule has 3 nitrogen and oxygen atoms in total. The number of hydrogen-bond acceptors (Lipinski definition) is 3. The van der Waals surface area contributed by atoms with E-state index in [0.717, 1.165) is 19.7 Å². The first-order chi connectivity index (χ1) is 4.30. The minimum atomic E-state index is -0.349. The zero-order chi connectivity index (χ0) is 6.69. The second-order valence-corrected chi connectivity index (χ2v) is 2.35. The number of aliphatic hydroxyl groups excluding tert-OH is 1. The van der Waals surface area contributed by atoms with Crippen LogP contribution in [0.2, 0.25) is 0 Å². The van der Waals surface area contributed by atoms with Crippen molar-refractivity contribution < 1.29 is 9.84 Å². The molecule has 0 aromatic carbocycles. The van der Waals surface area contributed by atoms with Crippen LogP contribution < -0.4 is 5.32 Å². The van der Waals surface area contributed by atoms with Crippen molar-refractivity contribution in [3.8, 4) is 0 Å². The summed E-state index contributed by atoms with van der Waals surface area (Å²) < 4.78 is 5.23. The number of ether oxygens (including phenoxy) is 1. The Labute approximate surface area is 55.0 Å². The summed E-state index contributed by atoms with van der Waals surface area (Å²) in [5, 5.41) is 12.1. The summed E-state index contributed by atoms with van der Waals surface area (Å²) in [5.41, 5.74) is 0. The lowest BCUT2D eigenvalue weighted by molar-refractivity contribution is -0.0445. The van der Waals surface area contributed by atoms with Gasteiger partial charge in [0.1, 0.15) is 0 Å². The molecule has 0 saturated carbocycles. The van der Waals surface area contributed by atoms with Gasteiger partial charge in [-0.25, -0.2) is 0 Å². The molecular weight excluding hydrogens is 118 g/mol. The highest BCUT2D eigenvalue weighted by Gasteiger charge is 2.17. The number of hydrogen-bond donors (Lipinski definition) is 2. The molecule has 3 heteroatoms. The average molecular weight is 131 g/mol. The quantitative estimate of drug-likeness (QED) is 0.497. The van der Waals surface area contributed by atoms with Crippen LogP contribution in [0.15, 0.2) is 0 Å². The molecular formula is C6H13NO2. The fourth-order valence-electron chi connectivity index (χ4n) is 0.896. The Kier molecular flexibility index (Phi) is 2.45. The summed E-state index contributed by atoms with van der Waals surface area (Å²) in [6.45, 7) is 4.15. The topological polar surface area (TPSA) is 41.5 Å². The van der Waals surface area contributed by atoms with Gasteiger partial charge in [-0.3, -0.25) is 0 Å². The Bertz CT molecular complexity index is 79.1. The highest BCUT2D eigenvalue weighted by molar-refractivity contribution is 4.71. The lowest BCUT2D eigenvalue weighted by Crippen LogP contribution is -2.43. The second kappa shape index (κ2) is 3.15. The molecule has 0 aromatic heterocycles. The van der Waals surface area contributed by atoms with Crippen molar-refractivity contribution in [2.75, 3.05) is 19.7 Å². The number of morpholine rings is 1. The van der Waals surface area contributed by atoms with Gasteiger partial charge < -0.3 is 15.2 Å². The van der Waals surface area contributed by atoms with E-state index in [2.05, 4.69) is 5.32 Å². The van der Waals surface area contributed by atoms with Crippen molar-refractivity contribution in [3.63, 3.8) is 0 Å². The van der Waals surface area contributed by atoms with Gasteiger partial charge in [0.05, 0.1) is 18.8 Å². The first kappa shape index (κ1) is 6.99. The average Bonchev–Trinajstić information content (AvgIpc) is 1.90. The van der Waals surface area contributed by atoms with Crippen LogP contribution in [0.5, 0.6) is 0 Å². The van der Waals surface area contributed by atoms with Gasteiger partial charge >= 0.3 is 0 Å². The third-order valence-corrected chi connectivity index (χ3v) is 1.49. The van der Waals surface area contributed by atoms with Crippen LogP contribution in [0.1, 0.15) is 6.92 Å². The monoisotopic (exact) mass is 131 g/mol. The van der Waals surface area contributed by atoms with Crippen LogP contribution in [-0.4, -0.2) is 37.0 Å². The van der Waals surface area contributed by atoms with Gasteiger partial charge in [-0.15, -0.1) is 0 Å². The van der Waals surface area contributed by atoms with Crippen molar-refractivity contribution in [1.82, 2.24) is 5.32 Å². The Morgan fingerprint density at radius 3 is 2.89 bits per heavy atom. The standard InChI is InChI=1S/C6H13NO2/c1-5(8)6-4-7-2-3-9-6/h5-8H,2-4H2,1H3/t5-,6-/m1/s1. The third-order valence-electron chi connectivity index (χ3n) is 1.49. The normalized spacial score (nSPS) is 32.0. The van der Waals surface area contributed by atoms with Crippen LogP contribution >= 0.6 is 0 Å². The first-order valence-corrected chi connectivity index (χ1v) is 3.31. The summed E-state index contributed by atoms with van der Waals surface area (Å²) in [5.74, 6) is 0. The largest absolute Gasteiger partial charge is 0.391 e. The zero-order valence-corrected chi connectivity index (χ0v) is 5.63. The minimum Gasteiger partial charge on any atom is -0.391 e. The summed E-state index contributed by atoms with van der Waals surface area (Å²) in [7, 11) is 0. The van der Waals surface area contributed by atoms with Crippen molar-refractivity contribution in [2.45, 2.75) is 19.1 Å². The van der Waals surface area contributed by atoms with E-state index in [4.69, 9.17) is 9.84 Å². The maximum Gasteiger partial charge on any atom is 0.0955 e. The van der Waals surface area contributed by atoms with Crippen molar-refractivity contribution in [1.29, 1.82) is 0 Å². The highest BCUT2D eigenvalue weighted by Crippen LogP contribution is 2.00. The molecule has 2 atom stereocenters. The Balaban J connectivity index is 2.23. The van der Waals surface area contributed by atoms with E-state index in [-0.39, 0.29) is 12.2 Å². The smallest absolute Gasteiger partial charge is 0.0955 e. The molecule has 0 bridgehead atoms. The zero-order valence-electron chi connectivity index (χ0n) is 5.63. The maximum absolute atomic E-state index is 9.01. The fraction of sp³-hybridized carbons (Fsp3) is 1.00. The molecule has 0 aromatic rings. The van der Waals surface area contributed by atoms with Crippen LogP contribution in [0.4, 0.5) is 0 Å². The van der Waals surface area contributed by atoms with E-state index in [1.54, 1.807) is 6.92 Å². The van der Waals surface area contributed by atoms with E-state index in [0.29, 0.717) is 0 Å². The second-order valence-electron chi connectivity index (χ2n) is 2.35. The summed E-state index contributed by atoms with van der Waals surface area (Å²) in [6, 6.07) is 0. The van der Waals surface area contributed by atoms with Gasteiger partial charge in [0.25, 0.3) is 0 Å². The summed E-state index contributed by atoms with van der Waals surface area (Å²) in [6.07, 6.45) is -0.350. The van der Waals surface area contributed by atoms with Gasteiger partial charge in [-0.2, -0.15) is 0 Å². The molecule has 54 valence electrons. The van der Waals surface area contributed by atoms with Crippen molar-refractivity contribution >= 4 is 0 Å². The van der Waals surface area contributed by atoms with Crippen molar-refractivity contribution in [2.24, 2.45) is 0 Å². The van der Waals surface area contributed by atoms with Crippen LogP contribution in [0.3, 0.4) is 0 Å². The Morgan fingerprint density at radius 2 is 2.56 bits per heavy atom. The molecule has 0 radical (unpaired) electrons. The van der Waals surface area contributed by atoms with Gasteiger partial charge in [-0.1, -0.05) is 0 Å². The Morgan fingerprint density at radius 1 is 1.78 bits per heavy atom. The van der Waals surface area contributed by atoms with E-state index in [1.807, 2.05) is 0 Å².